The van der Waals surface area contributed by atoms with Gasteiger partial charge in [-0.25, -0.2) is 4.98 Å². The van der Waals surface area contributed by atoms with Gasteiger partial charge in [0.1, 0.15) is 11.9 Å². The maximum absolute atomic E-state index is 12.7. The van der Waals surface area contributed by atoms with Crippen molar-refractivity contribution in [2.24, 2.45) is 5.92 Å². The predicted molar refractivity (Wildman–Crippen MR) is 92.8 cm³/mol. The number of amides is 1. The number of fused-ring (bicyclic) bond motifs is 1. The molecule has 1 aliphatic carbocycles. The first-order valence-corrected chi connectivity index (χ1v) is 9.06. The molecule has 1 amide bonds. The van der Waals surface area contributed by atoms with E-state index < -0.39 is 0 Å². The summed E-state index contributed by atoms with van der Waals surface area (Å²) in [5, 5.41) is 0. The number of imidazole rings is 1. The Balaban J connectivity index is 1.41. The van der Waals surface area contributed by atoms with E-state index in [1.54, 1.807) is 0 Å². The first kappa shape index (κ1) is 15.6. The number of ether oxygens (including phenoxy) is 1. The molecule has 1 aromatic heterocycles. The second-order valence-corrected chi connectivity index (χ2v) is 7.18. The number of hydrogen-bond acceptors (Lipinski definition) is 3. The van der Waals surface area contributed by atoms with Gasteiger partial charge in [-0.05, 0) is 50.7 Å². The Bertz CT molecular complexity index is 689. The number of aromatic amines is 1. The van der Waals surface area contributed by atoms with Crippen LogP contribution in [0.25, 0.3) is 11.0 Å². The van der Waals surface area contributed by atoms with Crippen molar-refractivity contribution >= 4 is 16.9 Å². The summed E-state index contributed by atoms with van der Waals surface area (Å²) in [6, 6.07) is 8.09. The van der Waals surface area contributed by atoms with Crippen LogP contribution in [0.4, 0.5) is 0 Å². The molecule has 2 fully saturated rings. The van der Waals surface area contributed by atoms with E-state index >= 15 is 0 Å². The minimum Gasteiger partial charge on any atom is -0.368 e. The van der Waals surface area contributed by atoms with E-state index in [0.717, 1.165) is 49.4 Å². The number of nitrogens with zero attached hydrogens (tertiary/aromatic N) is 2. The van der Waals surface area contributed by atoms with Gasteiger partial charge in [0.25, 0.3) is 5.91 Å². The maximum Gasteiger partial charge on any atom is 0.251 e. The van der Waals surface area contributed by atoms with E-state index in [0.29, 0.717) is 5.92 Å². The van der Waals surface area contributed by atoms with Gasteiger partial charge in [-0.15, -0.1) is 0 Å². The fourth-order valence-corrected chi connectivity index (χ4v) is 3.46. The van der Waals surface area contributed by atoms with Gasteiger partial charge in [-0.1, -0.05) is 12.1 Å². The van der Waals surface area contributed by atoms with Crippen LogP contribution < -0.4 is 0 Å². The molecule has 128 valence electrons. The third-order valence-electron chi connectivity index (χ3n) is 5.15. The normalized spacial score (nSPS) is 22.7. The van der Waals surface area contributed by atoms with Gasteiger partial charge < -0.3 is 14.6 Å². The Hall–Kier alpha value is -1.88. The second kappa shape index (κ2) is 6.55. The molecule has 0 spiro atoms. The van der Waals surface area contributed by atoms with Crippen molar-refractivity contribution in [2.75, 3.05) is 19.7 Å². The minimum atomic E-state index is -0.333. The van der Waals surface area contributed by atoms with E-state index in [9.17, 15) is 4.79 Å². The summed E-state index contributed by atoms with van der Waals surface area (Å²) in [5.74, 6) is 2.09. The Labute approximate surface area is 142 Å². The SMILES string of the molecule is C[C@H](OCC1CC1)C(=O)N1CCC[C@H](c2nc3ccccc3[nH]2)C1. The molecule has 2 atom stereocenters. The van der Waals surface area contributed by atoms with Crippen LogP contribution in [-0.4, -0.2) is 46.6 Å². The lowest BCUT2D eigenvalue weighted by Gasteiger charge is -2.33. The number of para-hydroxylation sites is 2. The van der Waals surface area contributed by atoms with Crippen LogP contribution >= 0.6 is 0 Å². The standard InChI is InChI=1S/C19H25N3O2/c1-13(24-12-14-8-9-14)19(23)22-10-4-5-15(11-22)18-20-16-6-2-3-7-17(16)21-18/h2-3,6-7,13-15H,4-5,8-12H2,1H3,(H,20,21)/t13-,15-/m0/s1. The number of benzene rings is 1. The highest BCUT2D eigenvalue weighted by atomic mass is 16.5. The summed E-state index contributed by atoms with van der Waals surface area (Å²) in [6.07, 6.45) is 4.25. The first-order chi connectivity index (χ1) is 11.7. The lowest BCUT2D eigenvalue weighted by Crippen LogP contribution is -2.44. The Kier molecular flexibility index (Phi) is 4.27. The van der Waals surface area contributed by atoms with Crippen molar-refractivity contribution in [3.05, 3.63) is 30.1 Å². The predicted octanol–water partition coefficient (Wildman–Crippen LogP) is 3.08. The Morgan fingerprint density at radius 2 is 2.21 bits per heavy atom. The smallest absolute Gasteiger partial charge is 0.251 e. The van der Waals surface area contributed by atoms with Crippen LogP contribution in [0.15, 0.2) is 24.3 Å². The monoisotopic (exact) mass is 327 g/mol. The van der Waals surface area contributed by atoms with Crippen molar-refractivity contribution in [1.29, 1.82) is 0 Å². The molecule has 1 N–H and O–H groups in total. The lowest BCUT2D eigenvalue weighted by molar-refractivity contribution is -0.144. The molecule has 0 radical (unpaired) electrons. The van der Waals surface area contributed by atoms with Crippen molar-refractivity contribution in [3.63, 3.8) is 0 Å². The number of carbonyl (C=O) groups excluding carboxylic acids is 1. The van der Waals surface area contributed by atoms with E-state index in [2.05, 4.69) is 4.98 Å². The number of piperidine rings is 1. The van der Waals surface area contributed by atoms with Crippen LogP contribution in [0.2, 0.25) is 0 Å². The zero-order chi connectivity index (χ0) is 16.5. The van der Waals surface area contributed by atoms with E-state index in [-0.39, 0.29) is 17.9 Å². The molecule has 1 saturated carbocycles. The summed E-state index contributed by atoms with van der Waals surface area (Å²) < 4.78 is 5.76. The molecule has 0 unspecified atom stereocenters. The maximum atomic E-state index is 12.7. The minimum absolute atomic E-state index is 0.122. The average molecular weight is 327 g/mol. The van der Waals surface area contributed by atoms with Crippen molar-refractivity contribution in [2.45, 2.75) is 44.6 Å². The third kappa shape index (κ3) is 3.31. The van der Waals surface area contributed by atoms with Gasteiger partial charge in [0.15, 0.2) is 0 Å². The molecule has 2 aromatic rings. The number of H-pyrrole nitrogens is 1. The van der Waals surface area contributed by atoms with Crippen molar-refractivity contribution in [1.82, 2.24) is 14.9 Å². The van der Waals surface area contributed by atoms with Crippen LogP contribution in [0.1, 0.15) is 44.3 Å². The molecule has 4 rings (SSSR count). The molecule has 1 aromatic carbocycles. The summed E-state index contributed by atoms with van der Waals surface area (Å²) in [6.45, 7) is 4.17. The number of carbonyl (C=O) groups is 1. The summed E-state index contributed by atoms with van der Waals surface area (Å²) in [5.41, 5.74) is 2.06. The van der Waals surface area contributed by atoms with Crippen molar-refractivity contribution in [3.8, 4) is 0 Å². The van der Waals surface area contributed by atoms with Gasteiger partial charge in [0.05, 0.1) is 17.6 Å². The fraction of sp³-hybridized carbons (Fsp3) is 0.579. The summed E-state index contributed by atoms with van der Waals surface area (Å²) in [4.78, 5) is 22.7. The quantitative estimate of drug-likeness (QED) is 0.918. The molecular weight excluding hydrogens is 302 g/mol. The highest BCUT2D eigenvalue weighted by Gasteiger charge is 2.30. The molecule has 0 bridgehead atoms. The molecule has 24 heavy (non-hydrogen) atoms. The Morgan fingerprint density at radius 3 is 3.00 bits per heavy atom. The van der Waals surface area contributed by atoms with Crippen molar-refractivity contribution < 1.29 is 9.53 Å². The summed E-state index contributed by atoms with van der Waals surface area (Å²) in [7, 11) is 0. The first-order valence-electron chi connectivity index (χ1n) is 9.06. The number of nitrogens with one attached hydrogen (secondary N) is 1. The molecule has 1 aliphatic heterocycles. The number of hydrogen-bond donors (Lipinski definition) is 1. The molecule has 2 heterocycles. The van der Waals surface area contributed by atoms with Gasteiger partial charge in [-0.3, -0.25) is 4.79 Å². The van der Waals surface area contributed by atoms with Gasteiger partial charge >= 0.3 is 0 Å². The van der Waals surface area contributed by atoms with E-state index in [1.807, 2.05) is 36.1 Å². The highest BCUT2D eigenvalue weighted by Crippen LogP contribution is 2.30. The number of rotatable bonds is 5. The van der Waals surface area contributed by atoms with Gasteiger partial charge in [-0.2, -0.15) is 0 Å². The Morgan fingerprint density at radius 1 is 1.38 bits per heavy atom. The van der Waals surface area contributed by atoms with Gasteiger partial charge in [0, 0.05) is 19.0 Å². The molecule has 2 aliphatic rings. The topological polar surface area (TPSA) is 58.2 Å². The third-order valence-corrected chi connectivity index (χ3v) is 5.15. The molecule has 1 saturated heterocycles. The largest absolute Gasteiger partial charge is 0.368 e. The van der Waals surface area contributed by atoms with Crippen LogP contribution in [0, 0.1) is 5.92 Å². The molecule has 5 heteroatoms. The molecule has 5 nitrogen and oxygen atoms in total. The highest BCUT2D eigenvalue weighted by molar-refractivity contribution is 5.80. The van der Waals surface area contributed by atoms with E-state index in [1.165, 1.54) is 12.8 Å². The van der Waals surface area contributed by atoms with Crippen LogP contribution in [-0.2, 0) is 9.53 Å². The number of aromatic nitrogens is 2. The zero-order valence-corrected chi connectivity index (χ0v) is 14.2. The van der Waals surface area contributed by atoms with Crippen LogP contribution in [0.5, 0.6) is 0 Å². The fourth-order valence-electron chi connectivity index (χ4n) is 3.46. The average Bonchev–Trinajstić information content (AvgIpc) is 3.35. The van der Waals surface area contributed by atoms with Gasteiger partial charge in [0.2, 0.25) is 0 Å². The number of likely N-dealkylation sites (tertiary alicyclic amines) is 1. The van der Waals surface area contributed by atoms with E-state index in [4.69, 9.17) is 9.72 Å². The second-order valence-electron chi connectivity index (χ2n) is 7.18. The lowest BCUT2D eigenvalue weighted by atomic mass is 9.97. The molecular formula is C19H25N3O2. The summed E-state index contributed by atoms with van der Waals surface area (Å²) >= 11 is 0. The zero-order valence-electron chi connectivity index (χ0n) is 14.2. The van der Waals surface area contributed by atoms with Crippen LogP contribution in [0.3, 0.4) is 0 Å².